The van der Waals surface area contributed by atoms with E-state index in [2.05, 4.69) is 21.2 Å². The molecule has 8 nitrogen and oxygen atoms in total. The summed E-state index contributed by atoms with van der Waals surface area (Å²) in [6.45, 7) is 7.19. The SMILES string of the molecule is CCCC[C@H](C(=O)N1CCCN(c2nc(C)ns2)CC1)N1CCCS1(=O)=O. The third kappa shape index (κ3) is 4.78. The minimum Gasteiger partial charge on any atom is -0.345 e. The lowest BCUT2D eigenvalue weighted by Gasteiger charge is -2.31. The summed E-state index contributed by atoms with van der Waals surface area (Å²) in [5.74, 6) is 0.892. The number of hydrogen-bond acceptors (Lipinski definition) is 7. The quantitative estimate of drug-likeness (QED) is 0.699. The van der Waals surface area contributed by atoms with E-state index in [0.29, 0.717) is 39.0 Å². The van der Waals surface area contributed by atoms with Crippen molar-refractivity contribution in [3.63, 3.8) is 0 Å². The van der Waals surface area contributed by atoms with Crippen LogP contribution in [-0.4, -0.2) is 77.4 Å². The van der Waals surface area contributed by atoms with Gasteiger partial charge >= 0.3 is 0 Å². The molecule has 0 N–H and O–H groups in total. The van der Waals surface area contributed by atoms with E-state index in [4.69, 9.17) is 0 Å². The van der Waals surface area contributed by atoms with E-state index in [1.807, 2.05) is 11.8 Å². The second-order valence-corrected chi connectivity index (χ2v) is 10.00. The molecule has 10 heteroatoms. The maximum absolute atomic E-state index is 13.3. The normalized spacial score (nSPS) is 22.0. The lowest BCUT2D eigenvalue weighted by molar-refractivity contribution is -0.135. The maximum Gasteiger partial charge on any atom is 0.241 e. The highest BCUT2D eigenvalue weighted by atomic mass is 32.2. The first-order valence-corrected chi connectivity index (χ1v) is 12.1. The van der Waals surface area contributed by atoms with E-state index < -0.39 is 16.1 Å². The second kappa shape index (κ2) is 8.83. The van der Waals surface area contributed by atoms with E-state index in [-0.39, 0.29) is 11.7 Å². The molecule has 0 spiro atoms. The Hall–Kier alpha value is -1.26. The lowest BCUT2D eigenvalue weighted by Crippen LogP contribution is -2.50. The van der Waals surface area contributed by atoms with Gasteiger partial charge in [-0.2, -0.15) is 8.68 Å². The van der Waals surface area contributed by atoms with Crippen molar-refractivity contribution in [2.75, 3.05) is 43.4 Å². The highest BCUT2D eigenvalue weighted by Gasteiger charge is 2.39. The van der Waals surface area contributed by atoms with E-state index in [0.717, 1.165) is 36.8 Å². The Morgan fingerprint density at radius 1 is 1.19 bits per heavy atom. The molecule has 1 amide bonds. The largest absolute Gasteiger partial charge is 0.345 e. The van der Waals surface area contributed by atoms with Gasteiger partial charge in [-0.25, -0.2) is 13.4 Å². The zero-order chi connectivity index (χ0) is 19.4. The average molecular weight is 416 g/mol. The molecule has 2 aliphatic heterocycles. The molecule has 0 aromatic carbocycles. The second-order valence-electron chi connectivity index (χ2n) is 7.23. The van der Waals surface area contributed by atoms with Crippen molar-refractivity contribution in [3.8, 4) is 0 Å². The van der Waals surface area contributed by atoms with Crippen molar-refractivity contribution >= 4 is 32.6 Å². The fourth-order valence-corrected chi connectivity index (χ4v) is 6.20. The van der Waals surface area contributed by atoms with Crippen LogP contribution in [0.5, 0.6) is 0 Å². The molecular weight excluding hydrogens is 386 g/mol. The average Bonchev–Trinajstić information content (AvgIpc) is 3.12. The summed E-state index contributed by atoms with van der Waals surface area (Å²) in [7, 11) is -3.30. The van der Waals surface area contributed by atoms with Crippen LogP contribution < -0.4 is 4.90 Å². The van der Waals surface area contributed by atoms with E-state index >= 15 is 0 Å². The molecule has 27 heavy (non-hydrogen) atoms. The van der Waals surface area contributed by atoms with Crippen LogP contribution in [0, 0.1) is 6.92 Å². The summed E-state index contributed by atoms with van der Waals surface area (Å²) < 4.78 is 30.5. The highest BCUT2D eigenvalue weighted by Crippen LogP contribution is 2.24. The minimum atomic E-state index is -3.30. The van der Waals surface area contributed by atoms with Gasteiger partial charge in [0.2, 0.25) is 21.1 Å². The van der Waals surface area contributed by atoms with Gasteiger partial charge in [-0.1, -0.05) is 19.8 Å². The number of nitrogens with zero attached hydrogens (tertiary/aromatic N) is 5. The van der Waals surface area contributed by atoms with Gasteiger partial charge in [-0.05, 0) is 26.2 Å². The van der Waals surface area contributed by atoms with Gasteiger partial charge in [0.1, 0.15) is 11.9 Å². The molecule has 0 aliphatic carbocycles. The lowest BCUT2D eigenvalue weighted by atomic mass is 10.1. The van der Waals surface area contributed by atoms with Crippen LogP contribution in [0.1, 0.15) is 44.9 Å². The summed E-state index contributed by atoms with van der Waals surface area (Å²) in [6.07, 6.45) is 3.86. The van der Waals surface area contributed by atoms with Gasteiger partial charge in [0.25, 0.3) is 0 Å². The van der Waals surface area contributed by atoms with Crippen molar-refractivity contribution in [2.45, 2.75) is 52.0 Å². The molecule has 2 saturated heterocycles. The van der Waals surface area contributed by atoms with Crippen molar-refractivity contribution in [3.05, 3.63) is 5.82 Å². The number of anilines is 1. The molecule has 3 rings (SSSR count). The van der Waals surface area contributed by atoms with Gasteiger partial charge in [0.15, 0.2) is 0 Å². The number of hydrogen-bond donors (Lipinski definition) is 0. The Labute approximate surface area is 165 Å². The fraction of sp³-hybridized carbons (Fsp3) is 0.824. The zero-order valence-electron chi connectivity index (χ0n) is 16.1. The first kappa shape index (κ1) is 20.5. The topological polar surface area (TPSA) is 86.7 Å². The molecule has 0 radical (unpaired) electrons. The monoisotopic (exact) mass is 415 g/mol. The van der Waals surface area contributed by atoms with Crippen LogP contribution in [0.15, 0.2) is 0 Å². The van der Waals surface area contributed by atoms with Gasteiger partial charge in [-0.15, -0.1) is 0 Å². The van der Waals surface area contributed by atoms with Crippen LogP contribution in [0.25, 0.3) is 0 Å². The standard InChI is InChI=1S/C17H29N5O3S2/c1-3-4-7-15(22-10-6-13-27(22,24)25)16(23)20-8-5-9-21(12-11-20)17-18-14(2)19-26-17/h15H,3-13H2,1-2H3/t15-/m1/s1. The number of sulfonamides is 1. The summed E-state index contributed by atoms with van der Waals surface area (Å²) in [6, 6.07) is -0.548. The van der Waals surface area contributed by atoms with Gasteiger partial charge in [0, 0.05) is 44.3 Å². The Bertz CT molecular complexity index is 752. The maximum atomic E-state index is 13.3. The number of aryl methyl sites for hydroxylation is 1. The summed E-state index contributed by atoms with van der Waals surface area (Å²) in [4.78, 5) is 21.7. The van der Waals surface area contributed by atoms with Crippen molar-refractivity contribution in [1.29, 1.82) is 0 Å². The molecule has 1 aromatic rings. The number of carbonyl (C=O) groups excluding carboxylic acids is 1. The predicted octanol–water partition coefficient (Wildman–Crippen LogP) is 1.48. The number of rotatable bonds is 6. The number of carbonyl (C=O) groups is 1. The molecule has 0 unspecified atom stereocenters. The predicted molar refractivity (Wildman–Crippen MR) is 106 cm³/mol. The molecule has 2 fully saturated rings. The smallest absolute Gasteiger partial charge is 0.241 e. The molecular formula is C17H29N5O3S2. The zero-order valence-corrected chi connectivity index (χ0v) is 17.8. The van der Waals surface area contributed by atoms with Gasteiger partial charge < -0.3 is 9.80 Å². The third-order valence-corrected chi connectivity index (χ3v) is 8.02. The van der Waals surface area contributed by atoms with Crippen molar-refractivity contribution in [2.24, 2.45) is 0 Å². The van der Waals surface area contributed by atoms with Gasteiger partial charge in [0.05, 0.1) is 5.75 Å². The van der Waals surface area contributed by atoms with Crippen LogP contribution in [0.2, 0.25) is 0 Å². The molecule has 2 aliphatic rings. The summed E-state index contributed by atoms with van der Waals surface area (Å²) in [5.41, 5.74) is 0. The Morgan fingerprint density at radius 3 is 2.63 bits per heavy atom. The van der Waals surface area contributed by atoms with Crippen LogP contribution in [0.4, 0.5) is 5.13 Å². The Morgan fingerprint density at radius 2 is 2.00 bits per heavy atom. The third-order valence-electron chi connectivity index (χ3n) is 5.20. The molecule has 3 heterocycles. The first-order chi connectivity index (χ1) is 12.9. The molecule has 1 atom stereocenters. The summed E-state index contributed by atoms with van der Waals surface area (Å²) >= 11 is 1.39. The van der Waals surface area contributed by atoms with Crippen molar-refractivity contribution in [1.82, 2.24) is 18.6 Å². The number of amides is 1. The number of aromatic nitrogens is 2. The molecule has 1 aromatic heterocycles. The van der Waals surface area contributed by atoms with Crippen LogP contribution in [0.3, 0.4) is 0 Å². The van der Waals surface area contributed by atoms with Gasteiger partial charge in [-0.3, -0.25) is 4.79 Å². The van der Waals surface area contributed by atoms with E-state index in [1.54, 1.807) is 0 Å². The molecule has 0 bridgehead atoms. The molecule has 152 valence electrons. The molecule has 0 saturated carbocycles. The van der Waals surface area contributed by atoms with Crippen LogP contribution in [-0.2, 0) is 14.8 Å². The van der Waals surface area contributed by atoms with Crippen molar-refractivity contribution < 1.29 is 13.2 Å². The minimum absolute atomic E-state index is 0.0378. The van der Waals surface area contributed by atoms with E-state index in [9.17, 15) is 13.2 Å². The fourth-order valence-electron chi connectivity index (χ4n) is 3.75. The first-order valence-electron chi connectivity index (χ1n) is 9.76. The Kier molecular flexibility index (Phi) is 6.69. The van der Waals surface area contributed by atoms with Crippen LogP contribution >= 0.6 is 11.5 Å². The number of unbranched alkanes of at least 4 members (excludes halogenated alkanes) is 1. The van der Waals surface area contributed by atoms with E-state index in [1.165, 1.54) is 15.8 Å². The summed E-state index contributed by atoms with van der Waals surface area (Å²) in [5, 5.41) is 0.895. The Balaban J connectivity index is 1.70. The highest BCUT2D eigenvalue weighted by molar-refractivity contribution is 7.89.